The molecule has 0 aliphatic rings. The van der Waals surface area contributed by atoms with Gasteiger partial charge in [0.1, 0.15) is 0 Å². The average Bonchev–Trinajstić information content (AvgIpc) is 2.45. The van der Waals surface area contributed by atoms with Gasteiger partial charge in [-0.15, -0.1) is 0 Å². The molecular weight excluding hydrogens is 296 g/mol. The highest BCUT2D eigenvalue weighted by molar-refractivity contribution is 5.97. The van der Waals surface area contributed by atoms with Crippen LogP contribution in [-0.2, 0) is 0 Å². The molecule has 22 heavy (non-hydrogen) atoms. The van der Waals surface area contributed by atoms with Gasteiger partial charge in [-0.3, -0.25) is 0 Å². The normalized spacial score (nSPS) is 10.4. The van der Waals surface area contributed by atoms with E-state index in [4.69, 9.17) is 10.2 Å². The van der Waals surface area contributed by atoms with Crippen molar-refractivity contribution in [1.82, 2.24) is 0 Å². The number of rotatable bonds is 3. The molecule has 6 N–H and O–H groups in total. The molecular formula is C14H10O8. The van der Waals surface area contributed by atoms with Gasteiger partial charge in [0.2, 0.25) is 0 Å². The molecule has 0 amide bonds. The number of benzene rings is 2. The van der Waals surface area contributed by atoms with Gasteiger partial charge in [0.25, 0.3) is 0 Å². The number of carboxylic acids is 2. The Balaban J connectivity index is 2.83. The second-order valence-electron chi connectivity index (χ2n) is 4.40. The molecule has 0 aliphatic carbocycles. The van der Waals surface area contributed by atoms with Crippen LogP contribution in [0.2, 0.25) is 0 Å². The van der Waals surface area contributed by atoms with E-state index in [2.05, 4.69) is 0 Å². The van der Waals surface area contributed by atoms with Gasteiger partial charge in [-0.25, -0.2) is 9.59 Å². The molecule has 114 valence electrons. The molecule has 2 rings (SSSR count). The number of hydrogen-bond acceptors (Lipinski definition) is 6. The molecule has 0 heterocycles. The van der Waals surface area contributed by atoms with Crippen LogP contribution in [0.5, 0.6) is 23.0 Å². The van der Waals surface area contributed by atoms with E-state index >= 15 is 0 Å². The van der Waals surface area contributed by atoms with Gasteiger partial charge < -0.3 is 30.6 Å². The molecule has 0 aliphatic heterocycles. The predicted molar refractivity (Wildman–Crippen MR) is 72.5 cm³/mol. The van der Waals surface area contributed by atoms with Crippen LogP contribution >= 0.6 is 0 Å². The van der Waals surface area contributed by atoms with Gasteiger partial charge in [-0.2, -0.15) is 0 Å². The quantitative estimate of drug-likeness (QED) is 0.368. The van der Waals surface area contributed by atoms with Crippen LogP contribution in [-0.4, -0.2) is 42.6 Å². The van der Waals surface area contributed by atoms with Crippen LogP contribution in [0.25, 0.3) is 11.1 Å². The summed E-state index contributed by atoms with van der Waals surface area (Å²) < 4.78 is 0. The molecule has 8 heteroatoms. The number of aromatic hydroxyl groups is 4. The Kier molecular flexibility index (Phi) is 3.52. The number of aromatic carboxylic acids is 2. The van der Waals surface area contributed by atoms with E-state index in [1.165, 1.54) is 0 Å². The zero-order valence-corrected chi connectivity index (χ0v) is 10.8. The first kappa shape index (κ1) is 15.0. The van der Waals surface area contributed by atoms with E-state index < -0.39 is 51.6 Å². The molecule has 8 nitrogen and oxygen atoms in total. The summed E-state index contributed by atoms with van der Waals surface area (Å²) in [4.78, 5) is 22.1. The first-order valence-corrected chi connectivity index (χ1v) is 5.81. The van der Waals surface area contributed by atoms with E-state index in [-0.39, 0.29) is 5.56 Å². The number of hydrogen-bond donors (Lipinski definition) is 6. The van der Waals surface area contributed by atoms with E-state index in [0.29, 0.717) is 6.07 Å². The first-order chi connectivity index (χ1) is 10.2. The van der Waals surface area contributed by atoms with Crippen molar-refractivity contribution < 1.29 is 40.2 Å². The maximum atomic E-state index is 11.0. The van der Waals surface area contributed by atoms with Gasteiger partial charge in [0, 0.05) is 6.07 Å². The lowest BCUT2D eigenvalue weighted by molar-refractivity contribution is 0.0696. The molecule has 0 aromatic heterocycles. The number of carboxylic acid groups (broad SMARTS) is 2. The van der Waals surface area contributed by atoms with Gasteiger partial charge >= 0.3 is 11.9 Å². The second kappa shape index (κ2) is 5.17. The minimum absolute atomic E-state index is 0.196. The largest absolute Gasteiger partial charge is 0.504 e. The van der Waals surface area contributed by atoms with Crippen molar-refractivity contribution in [3.8, 4) is 34.1 Å². The zero-order chi connectivity index (χ0) is 16.6. The Labute approximate surface area is 122 Å². The number of carbonyl (C=O) groups is 2. The number of phenols is 4. The Bertz CT molecular complexity index is 735. The molecule has 0 bridgehead atoms. The van der Waals surface area contributed by atoms with Crippen molar-refractivity contribution in [2.45, 2.75) is 0 Å². The van der Waals surface area contributed by atoms with Crippen molar-refractivity contribution in [3.63, 3.8) is 0 Å². The van der Waals surface area contributed by atoms with E-state index in [1.54, 1.807) is 0 Å². The van der Waals surface area contributed by atoms with E-state index in [9.17, 15) is 30.0 Å². The molecule has 0 unspecified atom stereocenters. The minimum atomic E-state index is -1.42. The SMILES string of the molecule is O=C(O)c1cc(C(=O)O)cc(-c2c(O)c(O)cc(O)c2O)c1. The van der Waals surface area contributed by atoms with E-state index in [1.807, 2.05) is 0 Å². The highest BCUT2D eigenvalue weighted by atomic mass is 16.4. The summed E-state index contributed by atoms with van der Waals surface area (Å²) in [5.74, 6) is -6.02. The van der Waals surface area contributed by atoms with Gasteiger partial charge in [0.05, 0.1) is 16.7 Å². The fourth-order valence-corrected chi connectivity index (χ4v) is 1.93. The molecule has 0 radical (unpaired) electrons. The predicted octanol–water partition coefficient (Wildman–Crippen LogP) is 1.57. The summed E-state index contributed by atoms with van der Waals surface area (Å²) in [6.45, 7) is 0. The minimum Gasteiger partial charge on any atom is -0.504 e. The second-order valence-corrected chi connectivity index (χ2v) is 4.40. The van der Waals surface area contributed by atoms with Crippen LogP contribution in [0.3, 0.4) is 0 Å². The average molecular weight is 306 g/mol. The highest BCUT2D eigenvalue weighted by Gasteiger charge is 2.21. The molecule has 0 spiro atoms. The first-order valence-electron chi connectivity index (χ1n) is 5.81. The summed E-state index contributed by atoms with van der Waals surface area (Å²) in [6.07, 6.45) is 0. The van der Waals surface area contributed by atoms with Crippen LogP contribution in [0.15, 0.2) is 24.3 Å². The third kappa shape index (κ3) is 2.44. The van der Waals surface area contributed by atoms with Crippen molar-refractivity contribution in [3.05, 3.63) is 35.4 Å². The summed E-state index contributed by atoms with van der Waals surface area (Å²) in [5.41, 5.74) is -1.49. The summed E-state index contributed by atoms with van der Waals surface area (Å²) in [5, 5.41) is 56.5. The molecule has 0 saturated heterocycles. The lowest BCUT2D eigenvalue weighted by Crippen LogP contribution is -2.03. The third-order valence-corrected chi connectivity index (χ3v) is 2.95. The summed E-state index contributed by atoms with van der Waals surface area (Å²) in [7, 11) is 0. The van der Waals surface area contributed by atoms with Crippen LogP contribution in [0, 0.1) is 0 Å². The van der Waals surface area contributed by atoms with Crippen LogP contribution in [0.4, 0.5) is 0 Å². The number of phenolic OH excluding ortho intramolecular Hbond substituents is 4. The molecule has 2 aromatic carbocycles. The van der Waals surface area contributed by atoms with Gasteiger partial charge in [-0.1, -0.05) is 0 Å². The molecule has 2 aromatic rings. The molecule has 0 fully saturated rings. The highest BCUT2D eigenvalue weighted by Crippen LogP contribution is 2.48. The maximum Gasteiger partial charge on any atom is 0.335 e. The lowest BCUT2D eigenvalue weighted by atomic mass is 9.97. The Hall–Kier alpha value is -3.42. The van der Waals surface area contributed by atoms with Crippen molar-refractivity contribution in [2.24, 2.45) is 0 Å². The smallest absolute Gasteiger partial charge is 0.335 e. The topological polar surface area (TPSA) is 156 Å². The fourth-order valence-electron chi connectivity index (χ4n) is 1.93. The summed E-state index contributed by atoms with van der Waals surface area (Å²) in [6, 6.07) is 3.56. The van der Waals surface area contributed by atoms with Crippen molar-refractivity contribution in [1.29, 1.82) is 0 Å². The lowest BCUT2D eigenvalue weighted by Gasteiger charge is -2.12. The monoisotopic (exact) mass is 306 g/mol. The van der Waals surface area contributed by atoms with Crippen molar-refractivity contribution >= 4 is 11.9 Å². The maximum absolute atomic E-state index is 11.0. The zero-order valence-electron chi connectivity index (χ0n) is 10.8. The molecule has 0 saturated carbocycles. The molecule has 0 atom stereocenters. The van der Waals surface area contributed by atoms with Gasteiger partial charge in [0.15, 0.2) is 23.0 Å². The Morgan fingerprint density at radius 1 is 0.682 bits per heavy atom. The third-order valence-electron chi connectivity index (χ3n) is 2.95. The van der Waals surface area contributed by atoms with Crippen molar-refractivity contribution in [2.75, 3.05) is 0 Å². The van der Waals surface area contributed by atoms with E-state index in [0.717, 1.165) is 18.2 Å². The Morgan fingerprint density at radius 3 is 1.45 bits per heavy atom. The fraction of sp³-hybridized carbons (Fsp3) is 0. The van der Waals surface area contributed by atoms with Crippen LogP contribution < -0.4 is 0 Å². The van der Waals surface area contributed by atoms with Crippen LogP contribution in [0.1, 0.15) is 20.7 Å². The summed E-state index contributed by atoms with van der Waals surface area (Å²) >= 11 is 0. The Morgan fingerprint density at radius 2 is 1.09 bits per heavy atom. The van der Waals surface area contributed by atoms with Gasteiger partial charge in [-0.05, 0) is 23.8 Å². The standard InChI is InChI=1S/C14H10O8/c15-8-4-9(16)12(18)10(11(8)17)5-1-6(13(19)20)3-7(2-5)14(21)22/h1-4,15-18H,(H,19,20)(H,21,22).